The predicted octanol–water partition coefficient (Wildman–Crippen LogP) is 0.421. The van der Waals surface area contributed by atoms with Crippen molar-refractivity contribution in [1.29, 1.82) is 0 Å². The molecule has 0 aliphatic rings. The highest BCUT2D eigenvalue weighted by Gasteiger charge is 2.31. The summed E-state index contributed by atoms with van der Waals surface area (Å²) >= 11 is 4.22. The maximum atomic E-state index is 13.5. The number of para-hydroxylation sites is 1. The summed E-state index contributed by atoms with van der Waals surface area (Å²) in [5.41, 5.74) is 8.83. The first-order valence-electron chi connectivity index (χ1n) is 13.4. The van der Waals surface area contributed by atoms with E-state index in [1.807, 2.05) is 24.3 Å². The van der Waals surface area contributed by atoms with Gasteiger partial charge < -0.3 is 41.9 Å². The Hall–Kier alpha value is -4.82. The van der Waals surface area contributed by atoms with Crippen molar-refractivity contribution in [2.45, 2.75) is 43.4 Å². The molecule has 4 aromatic rings. The molecule has 9 N–H and O–H groups in total. The van der Waals surface area contributed by atoms with Gasteiger partial charge in [0.2, 0.25) is 17.7 Å². The van der Waals surface area contributed by atoms with Gasteiger partial charge in [-0.3, -0.25) is 14.4 Å². The predicted molar refractivity (Wildman–Crippen MR) is 161 cm³/mol. The molecule has 4 unspecified atom stereocenters. The summed E-state index contributed by atoms with van der Waals surface area (Å²) in [7, 11) is 0. The second kappa shape index (κ2) is 14.4. The van der Waals surface area contributed by atoms with Crippen LogP contribution in [0.2, 0.25) is 0 Å². The third-order valence-corrected chi connectivity index (χ3v) is 7.23. The Morgan fingerprint density at radius 2 is 1.53 bits per heavy atom. The number of nitrogens with zero attached hydrogens (tertiary/aromatic N) is 1. The zero-order valence-corrected chi connectivity index (χ0v) is 23.9. The molecule has 0 spiro atoms. The Balaban J connectivity index is 1.49. The van der Waals surface area contributed by atoms with Crippen LogP contribution in [0.25, 0.3) is 10.9 Å². The minimum Gasteiger partial charge on any atom is -0.508 e. The molecule has 4 rings (SSSR count). The Labute approximate surface area is 252 Å². The number of fused-ring (bicyclic) bond motifs is 1. The van der Waals surface area contributed by atoms with Crippen molar-refractivity contribution in [1.82, 2.24) is 30.9 Å². The summed E-state index contributed by atoms with van der Waals surface area (Å²) in [5, 5.41) is 27.8. The number of thiol groups is 1. The highest BCUT2D eigenvalue weighted by Crippen LogP contribution is 2.19. The van der Waals surface area contributed by atoms with E-state index in [-0.39, 0.29) is 30.8 Å². The lowest BCUT2D eigenvalue weighted by Crippen LogP contribution is -2.58. The number of rotatable bonds is 14. The van der Waals surface area contributed by atoms with Crippen LogP contribution in [0.15, 0.2) is 67.3 Å². The van der Waals surface area contributed by atoms with E-state index in [4.69, 9.17) is 5.73 Å². The smallest absolute Gasteiger partial charge is 0.326 e. The number of hydrogen-bond donors (Lipinski definition) is 9. The molecule has 43 heavy (non-hydrogen) atoms. The van der Waals surface area contributed by atoms with Gasteiger partial charge in [0.15, 0.2) is 0 Å². The van der Waals surface area contributed by atoms with Gasteiger partial charge in [-0.15, -0.1) is 0 Å². The zero-order chi connectivity index (χ0) is 30.9. The molecule has 0 saturated carbocycles. The number of aromatic amines is 2. The van der Waals surface area contributed by atoms with Gasteiger partial charge in [-0.2, -0.15) is 12.6 Å². The van der Waals surface area contributed by atoms with E-state index >= 15 is 0 Å². The van der Waals surface area contributed by atoms with Gasteiger partial charge in [0.25, 0.3) is 0 Å². The van der Waals surface area contributed by atoms with Crippen molar-refractivity contribution in [3.05, 3.63) is 84.1 Å². The molecule has 0 saturated heterocycles. The Bertz CT molecular complexity index is 1560. The molecule has 14 heteroatoms. The van der Waals surface area contributed by atoms with Gasteiger partial charge in [-0.05, 0) is 35.7 Å². The Kier molecular flexibility index (Phi) is 10.4. The van der Waals surface area contributed by atoms with Gasteiger partial charge in [0, 0.05) is 47.6 Å². The Morgan fingerprint density at radius 3 is 2.21 bits per heavy atom. The van der Waals surface area contributed by atoms with Crippen LogP contribution in [0.4, 0.5) is 0 Å². The van der Waals surface area contributed by atoms with E-state index in [1.54, 1.807) is 18.3 Å². The number of carbonyl (C=O) groups excluding carboxylic acids is 3. The SMILES string of the molecule is NC(Cc1ccc(O)cc1)C(=O)NC(CS)C(=O)NC(Cc1c[nH]c2ccccc12)C(=O)NC(Cc1cnc[nH]1)C(=O)O. The molecule has 0 aliphatic carbocycles. The summed E-state index contributed by atoms with van der Waals surface area (Å²) in [5.74, 6) is -3.30. The van der Waals surface area contributed by atoms with Crippen LogP contribution >= 0.6 is 12.6 Å². The average Bonchev–Trinajstić information content (AvgIpc) is 3.66. The van der Waals surface area contributed by atoms with E-state index in [1.165, 1.54) is 24.7 Å². The summed E-state index contributed by atoms with van der Waals surface area (Å²) in [4.78, 5) is 61.4. The topological polar surface area (TPSA) is 215 Å². The minimum absolute atomic E-state index is 0.0333. The van der Waals surface area contributed by atoms with E-state index in [0.717, 1.165) is 16.5 Å². The number of H-pyrrole nitrogens is 2. The van der Waals surface area contributed by atoms with E-state index in [0.29, 0.717) is 11.3 Å². The Morgan fingerprint density at radius 1 is 0.860 bits per heavy atom. The highest BCUT2D eigenvalue weighted by molar-refractivity contribution is 7.80. The number of nitrogens with two attached hydrogens (primary N) is 1. The van der Waals surface area contributed by atoms with Crippen LogP contribution < -0.4 is 21.7 Å². The fourth-order valence-electron chi connectivity index (χ4n) is 4.54. The van der Waals surface area contributed by atoms with Gasteiger partial charge in [0.05, 0.1) is 12.4 Å². The lowest BCUT2D eigenvalue weighted by molar-refractivity contribution is -0.142. The molecular weight excluding hydrogens is 574 g/mol. The van der Waals surface area contributed by atoms with Crippen LogP contribution in [-0.2, 0) is 38.4 Å². The number of benzene rings is 2. The van der Waals surface area contributed by atoms with E-state index in [2.05, 4.69) is 43.5 Å². The number of carbonyl (C=O) groups is 4. The fourth-order valence-corrected chi connectivity index (χ4v) is 4.80. The van der Waals surface area contributed by atoms with Crippen molar-refractivity contribution in [2.75, 3.05) is 5.75 Å². The number of amides is 3. The maximum absolute atomic E-state index is 13.5. The van der Waals surface area contributed by atoms with Crippen molar-refractivity contribution >= 4 is 47.2 Å². The molecule has 2 aromatic carbocycles. The largest absolute Gasteiger partial charge is 0.508 e. The molecule has 0 bridgehead atoms. The molecule has 226 valence electrons. The van der Waals surface area contributed by atoms with Crippen molar-refractivity contribution in [2.24, 2.45) is 5.73 Å². The second-order valence-corrected chi connectivity index (χ2v) is 10.4. The highest BCUT2D eigenvalue weighted by atomic mass is 32.1. The van der Waals surface area contributed by atoms with Crippen LogP contribution in [-0.4, -0.2) is 78.8 Å². The average molecular weight is 608 g/mol. The number of aromatic hydroxyl groups is 1. The first-order chi connectivity index (χ1) is 20.6. The monoisotopic (exact) mass is 607 g/mol. The van der Waals surface area contributed by atoms with Crippen LogP contribution in [0, 0.1) is 0 Å². The van der Waals surface area contributed by atoms with Crippen molar-refractivity contribution < 1.29 is 29.4 Å². The lowest BCUT2D eigenvalue weighted by Gasteiger charge is -2.24. The minimum atomic E-state index is -1.30. The van der Waals surface area contributed by atoms with Crippen LogP contribution in [0.1, 0.15) is 16.8 Å². The van der Waals surface area contributed by atoms with Gasteiger partial charge in [-0.1, -0.05) is 30.3 Å². The third-order valence-electron chi connectivity index (χ3n) is 6.87. The first kappa shape index (κ1) is 31.1. The lowest BCUT2D eigenvalue weighted by atomic mass is 10.0. The number of imidazole rings is 1. The second-order valence-electron chi connectivity index (χ2n) is 10.0. The zero-order valence-electron chi connectivity index (χ0n) is 23.0. The van der Waals surface area contributed by atoms with Gasteiger partial charge >= 0.3 is 5.97 Å². The molecule has 2 aromatic heterocycles. The number of carboxylic acids is 1. The van der Waals surface area contributed by atoms with Gasteiger partial charge in [-0.25, -0.2) is 9.78 Å². The summed E-state index contributed by atoms with van der Waals surface area (Å²) in [6.45, 7) is 0. The van der Waals surface area contributed by atoms with E-state index in [9.17, 15) is 29.4 Å². The third kappa shape index (κ3) is 8.36. The number of carboxylic acid groups (broad SMARTS) is 1. The standard InChI is InChI=1S/C29H33N7O6S/c30-21(9-16-5-7-19(37)8-6-16)26(38)36-25(14-43)28(40)34-23(10-17-12-32-22-4-2-1-3-20(17)22)27(39)35-24(29(41)42)11-18-13-31-15-33-18/h1-8,12-13,15,21,23-25,32,37,43H,9-11,14,30H2,(H,31,33)(H,34,40)(H,35,39)(H,36,38)(H,41,42). The summed E-state index contributed by atoms with van der Waals surface area (Å²) in [6, 6.07) is 9.02. The number of hydrogen-bond acceptors (Lipinski definition) is 8. The molecule has 2 heterocycles. The summed E-state index contributed by atoms with van der Waals surface area (Å²) < 4.78 is 0. The molecule has 0 aliphatic heterocycles. The quantitative estimate of drug-likeness (QED) is 0.0914. The molecule has 0 radical (unpaired) electrons. The van der Waals surface area contributed by atoms with Crippen molar-refractivity contribution in [3.63, 3.8) is 0 Å². The molecule has 13 nitrogen and oxygen atoms in total. The summed E-state index contributed by atoms with van der Waals surface area (Å²) in [6.07, 6.45) is 4.72. The molecule has 0 fully saturated rings. The fraction of sp³-hybridized carbons (Fsp3) is 0.276. The normalized spacial score (nSPS) is 13.9. The van der Waals surface area contributed by atoms with E-state index < -0.39 is 47.9 Å². The number of aliphatic carboxylic acids is 1. The number of aromatic nitrogens is 3. The maximum Gasteiger partial charge on any atom is 0.326 e. The number of phenolic OH excluding ortho intramolecular Hbond substituents is 1. The van der Waals surface area contributed by atoms with Crippen molar-refractivity contribution in [3.8, 4) is 5.75 Å². The van der Waals surface area contributed by atoms with Crippen LogP contribution in [0.3, 0.4) is 0 Å². The molecular formula is C29H33N7O6S. The molecule has 3 amide bonds. The first-order valence-corrected chi connectivity index (χ1v) is 14.1. The molecule has 4 atom stereocenters. The number of nitrogens with one attached hydrogen (secondary N) is 5. The number of phenols is 1. The van der Waals surface area contributed by atoms with Crippen LogP contribution in [0.5, 0.6) is 5.75 Å². The van der Waals surface area contributed by atoms with Gasteiger partial charge in [0.1, 0.15) is 23.9 Å².